The summed E-state index contributed by atoms with van der Waals surface area (Å²) in [5.74, 6) is 0.941. The van der Waals surface area contributed by atoms with Crippen LogP contribution in [0.3, 0.4) is 0 Å². The Kier molecular flexibility index (Phi) is 7.70. The number of benzene rings is 3. The lowest BCUT2D eigenvalue weighted by atomic mass is 9.97. The van der Waals surface area contributed by atoms with E-state index in [-0.39, 0.29) is 17.1 Å². The van der Waals surface area contributed by atoms with Crippen molar-refractivity contribution in [3.8, 4) is 11.5 Å². The van der Waals surface area contributed by atoms with Crippen molar-refractivity contribution in [2.75, 3.05) is 20.3 Å². The van der Waals surface area contributed by atoms with Crippen LogP contribution in [0.4, 0.5) is 0 Å². The van der Waals surface area contributed by atoms with E-state index in [9.17, 15) is 9.59 Å². The van der Waals surface area contributed by atoms with Crippen molar-refractivity contribution >= 4 is 28.5 Å². The molecular weight excluding hydrogens is 502 g/mol. The maximum absolute atomic E-state index is 13.8. The summed E-state index contributed by atoms with van der Waals surface area (Å²) in [5, 5.41) is 0.777. The van der Waals surface area contributed by atoms with Gasteiger partial charge in [-0.1, -0.05) is 67.8 Å². The van der Waals surface area contributed by atoms with Crippen LogP contribution in [-0.2, 0) is 6.42 Å². The molecule has 4 aromatic rings. The SMILES string of the molecule is CCCCCOc1ccc(C2c3c(oc4ccc(Cl)cc4c3=O)C(=O)N2CCc2ccccc2)cc1OC. The Bertz CT molecular complexity index is 1510. The number of nitrogens with zero attached hydrogens (tertiary/aromatic N) is 1. The molecule has 38 heavy (non-hydrogen) atoms. The van der Waals surface area contributed by atoms with Gasteiger partial charge in [-0.2, -0.15) is 0 Å². The summed E-state index contributed by atoms with van der Waals surface area (Å²) in [6.45, 7) is 3.15. The van der Waals surface area contributed by atoms with E-state index in [1.54, 1.807) is 30.2 Å². The number of methoxy groups -OCH3 is 1. The summed E-state index contributed by atoms with van der Waals surface area (Å²) in [4.78, 5) is 29.2. The Morgan fingerprint density at radius 3 is 2.55 bits per heavy atom. The molecule has 5 rings (SSSR count). The third-order valence-corrected chi connectivity index (χ3v) is 7.16. The summed E-state index contributed by atoms with van der Waals surface area (Å²) in [5.41, 5.74) is 2.24. The minimum Gasteiger partial charge on any atom is -0.493 e. The van der Waals surface area contributed by atoms with E-state index < -0.39 is 6.04 Å². The number of unbranched alkanes of at least 4 members (excludes halogenated alkanes) is 2. The number of fused-ring (bicyclic) bond motifs is 2. The quantitative estimate of drug-likeness (QED) is 0.210. The largest absolute Gasteiger partial charge is 0.493 e. The molecule has 1 unspecified atom stereocenters. The first-order chi connectivity index (χ1) is 18.5. The van der Waals surface area contributed by atoms with Crippen molar-refractivity contribution in [2.45, 2.75) is 38.6 Å². The maximum atomic E-state index is 13.8. The van der Waals surface area contributed by atoms with Crippen molar-refractivity contribution in [2.24, 2.45) is 0 Å². The smallest absolute Gasteiger partial charge is 0.290 e. The van der Waals surface area contributed by atoms with Crippen molar-refractivity contribution in [1.29, 1.82) is 0 Å². The molecule has 0 N–H and O–H groups in total. The third-order valence-electron chi connectivity index (χ3n) is 6.92. The highest BCUT2D eigenvalue weighted by atomic mass is 35.5. The van der Waals surface area contributed by atoms with Crippen LogP contribution >= 0.6 is 11.6 Å². The number of carbonyl (C=O) groups is 1. The van der Waals surface area contributed by atoms with Crippen LogP contribution in [0.1, 0.15) is 59.5 Å². The van der Waals surface area contributed by atoms with Gasteiger partial charge < -0.3 is 18.8 Å². The van der Waals surface area contributed by atoms with Gasteiger partial charge in [0.15, 0.2) is 16.9 Å². The second-order valence-electron chi connectivity index (χ2n) is 9.42. The standard InChI is InChI=1S/C31H30ClNO5/c1-3-4-8-17-37-25-13-11-21(18-26(25)36-2)28-27-29(34)23-19-22(32)12-14-24(23)38-30(27)31(35)33(28)16-15-20-9-6-5-7-10-20/h5-7,9-14,18-19,28H,3-4,8,15-17H2,1-2H3. The molecule has 0 saturated carbocycles. The van der Waals surface area contributed by atoms with Gasteiger partial charge in [-0.05, 0) is 54.3 Å². The van der Waals surface area contributed by atoms with E-state index >= 15 is 0 Å². The van der Waals surface area contributed by atoms with Gasteiger partial charge in [-0.3, -0.25) is 9.59 Å². The fraction of sp³-hybridized carbons (Fsp3) is 0.290. The van der Waals surface area contributed by atoms with Crippen molar-refractivity contribution < 1.29 is 18.7 Å². The molecule has 196 valence electrons. The first kappa shape index (κ1) is 25.9. The molecule has 0 spiro atoms. The monoisotopic (exact) mass is 531 g/mol. The van der Waals surface area contributed by atoms with Gasteiger partial charge in [0.1, 0.15) is 5.58 Å². The molecule has 1 amide bonds. The highest BCUT2D eigenvalue weighted by Gasteiger charge is 2.42. The predicted molar refractivity (Wildman–Crippen MR) is 149 cm³/mol. The summed E-state index contributed by atoms with van der Waals surface area (Å²) < 4.78 is 17.7. The fourth-order valence-electron chi connectivity index (χ4n) is 4.97. The number of halogens is 1. The van der Waals surface area contributed by atoms with E-state index in [1.165, 1.54) is 0 Å². The van der Waals surface area contributed by atoms with Gasteiger partial charge in [0.2, 0.25) is 5.76 Å². The van der Waals surface area contributed by atoms with E-state index in [0.717, 1.165) is 30.4 Å². The van der Waals surface area contributed by atoms with Crippen LogP contribution in [0.25, 0.3) is 11.0 Å². The highest BCUT2D eigenvalue weighted by molar-refractivity contribution is 6.31. The zero-order valence-corrected chi connectivity index (χ0v) is 22.3. The average molecular weight is 532 g/mol. The van der Waals surface area contributed by atoms with Gasteiger partial charge >= 0.3 is 0 Å². The molecule has 3 aromatic carbocycles. The zero-order valence-electron chi connectivity index (χ0n) is 21.5. The highest BCUT2D eigenvalue weighted by Crippen LogP contribution is 2.41. The third kappa shape index (κ3) is 5.01. The second kappa shape index (κ2) is 11.3. The van der Waals surface area contributed by atoms with E-state index in [0.29, 0.717) is 52.6 Å². The summed E-state index contributed by atoms with van der Waals surface area (Å²) in [6, 6.07) is 19.8. The van der Waals surface area contributed by atoms with Crippen molar-refractivity contribution in [3.63, 3.8) is 0 Å². The topological polar surface area (TPSA) is 69.0 Å². The van der Waals surface area contributed by atoms with Crippen LogP contribution < -0.4 is 14.9 Å². The number of rotatable bonds is 10. The number of hydrogen-bond acceptors (Lipinski definition) is 5. The number of carbonyl (C=O) groups excluding carboxylic acids is 1. The summed E-state index contributed by atoms with van der Waals surface area (Å²) >= 11 is 6.20. The Labute approximate surface area is 226 Å². The number of hydrogen-bond donors (Lipinski definition) is 0. The molecule has 0 fully saturated rings. The molecule has 0 saturated heterocycles. The van der Waals surface area contributed by atoms with Crippen LogP contribution in [-0.4, -0.2) is 31.1 Å². The fourth-order valence-corrected chi connectivity index (χ4v) is 5.14. The number of ether oxygens (including phenoxy) is 2. The van der Waals surface area contributed by atoms with Crippen molar-refractivity contribution in [1.82, 2.24) is 4.90 Å². The molecule has 1 aliphatic rings. The minimum absolute atomic E-state index is 0.0711. The average Bonchev–Trinajstić information content (AvgIpc) is 3.22. The van der Waals surface area contributed by atoms with Crippen LogP contribution in [0.15, 0.2) is 75.9 Å². The molecule has 2 heterocycles. The van der Waals surface area contributed by atoms with Gasteiger partial charge in [0.25, 0.3) is 5.91 Å². The first-order valence-corrected chi connectivity index (χ1v) is 13.3. The molecular formula is C31H30ClNO5. The van der Waals surface area contributed by atoms with Crippen LogP contribution in [0, 0.1) is 0 Å². The lowest BCUT2D eigenvalue weighted by molar-refractivity contribution is 0.0730. The first-order valence-electron chi connectivity index (χ1n) is 12.9. The van der Waals surface area contributed by atoms with Gasteiger partial charge in [0.05, 0.1) is 30.7 Å². The molecule has 6 nitrogen and oxygen atoms in total. The molecule has 1 aromatic heterocycles. The van der Waals surface area contributed by atoms with Gasteiger partial charge in [-0.15, -0.1) is 0 Å². The van der Waals surface area contributed by atoms with Crippen LogP contribution in [0.2, 0.25) is 5.02 Å². The van der Waals surface area contributed by atoms with Crippen LogP contribution in [0.5, 0.6) is 11.5 Å². The van der Waals surface area contributed by atoms with E-state index in [4.69, 9.17) is 25.5 Å². The summed E-state index contributed by atoms with van der Waals surface area (Å²) in [6.07, 6.45) is 3.78. The van der Waals surface area contributed by atoms with E-state index in [2.05, 4.69) is 6.92 Å². The Hall–Kier alpha value is -3.77. The summed E-state index contributed by atoms with van der Waals surface area (Å²) in [7, 11) is 1.59. The minimum atomic E-state index is -0.635. The van der Waals surface area contributed by atoms with E-state index in [1.807, 2.05) is 48.5 Å². The van der Waals surface area contributed by atoms with Gasteiger partial charge in [0, 0.05) is 11.6 Å². The number of amides is 1. The maximum Gasteiger partial charge on any atom is 0.290 e. The molecule has 1 atom stereocenters. The molecule has 0 aliphatic carbocycles. The predicted octanol–water partition coefficient (Wildman–Crippen LogP) is 6.81. The molecule has 0 bridgehead atoms. The Morgan fingerprint density at radius 1 is 0.974 bits per heavy atom. The van der Waals surface area contributed by atoms with Crippen molar-refractivity contribution in [3.05, 3.63) is 104 Å². The molecule has 1 aliphatic heterocycles. The Morgan fingerprint density at radius 2 is 1.79 bits per heavy atom. The second-order valence-corrected chi connectivity index (χ2v) is 9.85. The zero-order chi connectivity index (χ0) is 26.6. The lowest BCUT2D eigenvalue weighted by Gasteiger charge is -2.26. The normalized spacial score (nSPS) is 14.7. The van der Waals surface area contributed by atoms with Gasteiger partial charge in [-0.25, -0.2) is 0 Å². The molecule has 0 radical (unpaired) electrons. The Balaban J connectivity index is 1.58. The molecule has 7 heteroatoms. The lowest BCUT2D eigenvalue weighted by Crippen LogP contribution is -2.31.